The number of aromatic nitrogens is 4. The second kappa shape index (κ2) is 10.8. The Morgan fingerprint density at radius 1 is 1.03 bits per heavy atom. The number of halogens is 2. The molecule has 192 valence electrons. The first kappa shape index (κ1) is 24.5. The number of likely N-dealkylation sites (tertiary alicyclic amines) is 1. The molecule has 36 heavy (non-hydrogen) atoms. The topological polar surface area (TPSA) is 81.9 Å². The Balaban J connectivity index is 1.10. The molecule has 2 fully saturated rings. The predicted octanol–water partition coefficient (Wildman–Crippen LogP) is 1.87. The number of nitrogens with one attached hydrogen (secondary N) is 1. The second-order valence-corrected chi connectivity index (χ2v) is 9.72. The van der Waals surface area contributed by atoms with Gasteiger partial charge in [-0.25, -0.2) is 8.78 Å². The summed E-state index contributed by atoms with van der Waals surface area (Å²) in [6, 6.07) is 7.68. The highest BCUT2D eigenvalue weighted by molar-refractivity contribution is 5.76. The third-order valence-electron chi connectivity index (χ3n) is 7.08. The SMILES string of the molecule is CN1CCN(c2ccc3nnc(CCC(=O)NC4CCN(Cc5ccc(F)cc5F)CC4)n3n2)CC1. The van der Waals surface area contributed by atoms with Crippen LogP contribution in [0.3, 0.4) is 0 Å². The fourth-order valence-corrected chi connectivity index (χ4v) is 4.84. The standard InChI is InChI=1S/C25H32F2N8O/c1-32-12-14-34(15-13-32)24-5-4-22-29-30-23(35(22)31-24)6-7-25(36)28-20-8-10-33(11-9-20)17-18-2-3-19(26)16-21(18)27/h2-5,16,20H,6-15,17H2,1H3,(H,28,36). The highest BCUT2D eigenvalue weighted by atomic mass is 19.1. The molecule has 9 nitrogen and oxygen atoms in total. The first-order valence-corrected chi connectivity index (χ1v) is 12.5. The molecule has 0 spiro atoms. The molecule has 5 rings (SSSR count). The van der Waals surface area contributed by atoms with Crippen LogP contribution in [0, 0.1) is 11.6 Å². The van der Waals surface area contributed by atoms with Crippen molar-refractivity contribution in [3.63, 3.8) is 0 Å². The van der Waals surface area contributed by atoms with Gasteiger partial charge in [0.05, 0.1) is 0 Å². The molecule has 3 aromatic rings. The number of aryl methyl sites for hydroxylation is 1. The Morgan fingerprint density at radius 3 is 2.56 bits per heavy atom. The van der Waals surface area contributed by atoms with Crippen molar-refractivity contribution in [3.8, 4) is 0 Å². The van der Waals surface area contributed by atoms with Gasteiger partial charge in [-0.05, 0) is 38.1 Å². The van der Waals surface area contributed by atoms with E-state index >= 15 is 0 Å². The van der Waals surface area contributed by atoms with E-state index in [4.69, 9.17) is 5.10 Å². The molecule has 0 saturated carbocycles. The summed E-state index contributed by atoms with van der Waals surface area (Å²) < 4.78 is 28.8. The van der Waals surface area contributed by atoms with E-state index in [1.807, 2.05) is 12.1 Å². The zero-order valence-electron chi connectivity index (χ0n) is 20.5. The van der Waals surface area contributed by atoms with Crippen LogP contribution in [0.2, 0.25) is 0 Å². The average molecular weight is 499 g/mol. The Bertz CT molecular complexity index is 1200. The minimum absolute atomic E-state index is 0.0231. The fraction of sp³-hybridized carbons (Fsp3) is 0.520. The van der Waals surface area contributed by atoms with E-state index in [-0.39, 0.29) is 11.9 Å². The number of piperazine rings is 1. The highest BCUT2D eigenvalue weighted by Gasteiger charge is 2.22. The van der Waals surface area contributed by atoms with Crippen molar-refractivity contribution in [1.29, 1.82) is 0 Å². The number of carbonyl (C=O) groups is 1. The maximum absolute atomic E-state index is 13.9. The number of rotatable bonds is 7. The number of likely N-dealkylation sites (N-methyl/N-ethyl adjacent to an activating group) is 1. The van der Waals surface area contributed by atoms with Gasteiger partial charge in [-0.3, -0.25) is 9.69 Å². The number of hydrogen-bond donors (Lipinski definition) is 1. The Hall–Kier alpha value is -3.18. The minimum Gasteiger partial charge on any atom is -0.353 e. The summed E-state index contributed by atoms with van der Waals surface area (Å²) in [6.45, 7) is 5.77. The predicted molar refractivity (Wildman–Crippen MR) is 132 cm³/mol. The van der Waals surface area contributed by atoms with Gasteiger partial charge in [0.2, 0.25) is 5.91 Å². The first-order valence-electron chi connectivity index (χ1n) is 12.5. The molecule has 2 aliphatic heterocycles. The summed E-state index contributed by atoms with van der Waals surface area (Å²) in [6.07, 6.45) is 2.34. The monoisotopic (exact) mass is 498 g/mol. The number of carbonyl (C=O) groups excluding carboxylic acids is 1. The van der Waals surface area contributed by atoms with Crippen LogP contribution in [0.25, 0.3) is 5.65 Å². The van der Waals surface area contributed by atoms with Crippen LogP contribution in [0.5, 0.6) is 0 Å². The minimum atomic E-state index is -0.567. The quantitative estimate of drug-likeness (QED) is 0.533. The van der Waals surface area contributed by atoms with Gasteiger partial charge >= 0.3 is 0 Å². The van der Waals surface area contributed by atoms with E-state index in [1.165, 1.54) is 12.1 Å². The summed E-state index contributed by atoms with van der Waals surface area (Å²) in [7, 11) is 2.12. The number of hydrogen-bond acceptors (Lipinski definition) is 7. The van der Waals surface area contributed by atoms with Gasteiger partial charge in [0.15, 0.2) is 11.5 Å². The number of piperidine rings is 1. The molecular formula is C25H32F2N8O. The average Bonchev–Trinajstić information content (AvgIpc) is 3.28. The van der Waals surface area contributed by atoms with Gasteiger partial charge in [0, 0.05) is 76.3 Å². The van der Waals surface area contributed by atoms with E-state index in [2.05, 4.69) is 37.3 Å². The lowest BCUT2D eigenvalue weighted by Crippen LogP contribution is -2.45. The molecule has 0 radical (unpaired) electrons. The van der Waals surface area contributed by atoms with Crippen molar-refractivity contribution >= 4 is 17.4 Å². The fourth-order valence-electron chi connectivity index (χ4n) is 4.84. The first-order chi connectivity index (χ1) is 17.4. The summed E-state index contributed by atoms with van der Waals surface area (Å²) in [5, 5.41) is 16.3. The lowest BCUT2D eigenvalue weighted by atomic mass is 10.0. The molecule has 0 atom stereocenters. The van der Waals surface area contributed by atoms with Gasteiger partial charge in [-0.1, -0.05) is 6.07 Å². The Morgan fingerprint density at radius 2 is 1.81 bits per heavy atom. The van der Waals surface area contributed by atoms with Crippen molar-refractivity contribution in [1.82, 2.24) is 34.9 Å². The van der Waals surface area contributed by atoms with Crippen molar-refractivity contribution in [3.05, 3.63) is 53.4 Å². The molecule has 2 aromatic heterocycles. The highest BCUT2D eigenvalue weighted by Crippen LogP contribution is 2.18. The maximum Gasteiger partial charge on any atom is 0.220 e. The number of fused-ring (bicyclic) bond motifs is 1. The van der Waals surface area contributed by atoms with E-state index < -0.39 is 11.6 Å². The number of amides is 1. The summed E-state index contributed by atoms with van der Waals surface area (Å²) in [4.78, 5) is 19.3. The van der Waals surface area contributed by atoms with Crippen molar-refractivity contribution in [2.24, 2.45) is 0 Å². The summed E-state index contributed by atoms with van der Waals surface area (Å²) >= 11 is 0. The molecule has 4 heterocycles. The lowest BCUT2D eigenvalue weighted by Gasteiger charge is -2.33. The van der Waals surface area contributed by atoms with Gasteiger partial charge in [-0.2, -0.15) is 4.52 Å². The zero-order chi connectivity index (χ0) is 25.1. The largest absolute Gasteiger partial charge is 0.353 e. The normalized spacial score (nSPS) is 18.1. The van der Waals surface area contributed by atoms with E-state index in [1.54, 1.807) is 4.52 Å². The van der Waals surface area contributed by atoms with Crippen LogP contribution in [-0.4, -0.2) is 87.9 Å². The number of benzene rings is 1. The van der Waals surface area contributed by atoms with Crippen LogP contribution in [0.4, 0.5) is 14.6 Å². The molecule has 2 saturated heterocycles. The second-order valence-electron chi connectivity index (χ2n) is 9.72. The van der Waals surface area contributed by atoms with Crippen molar-refractivity contribution in [2.45, 2.75) is 38.3 Å². The van der Waals surface area contributed by atoms with Crippen LogP contribution in [-0.2, 0) is 17.8 Å². The molecule has 0 aliphatic carbocycles. The third kappa shape index (κ3) is 5.79. The van der Waals surface area contributed by atoms with Gasteiger partial charge in [-0.15, -0.1) is 15.3 Å². The van der Waals surface area contributed by atoms with E-state index in [0.29, 0.717) is 36.4 Å². The molecule has 2 aliphatic rings. The molecule has 1 amide bonds. The molecule has 0 bridgehead atoms. The lowest BCUT2D eigenvalue weighted by molar-refractivity contribution is -0.122. The van der Waals surface area contributed by atoms with Crippen LogP contribution >= 0.6 is 0 Å². The van der Waals surface area contributed by atoms with Crippen molar-refractivity contribution in [2.75, 3.05) is 51.2 Å². The van der Waals surface area contributed by atoms with E-state index in [0.717, 1.165) is 64.0 Å². The molecule has 11 heteroatoms. The maximum atomic E-state index is 13.9. The molecule has 1 N–H and O–H groups in total. The molecule has 0 unspecified atom stereocenters. The summed E-state index contributed by atoms with van der Waals surface area (Å²) in [5.41, 5.74) is 1.16. The van der Waals surface area contributed by atoms with Gasteiger partial charge < -0.3 is 15.1 Å². The van der Waals surface area contributed by atoms with Gasteiger partial charge in [0.1, 0.15) is 17.5 Å². The number of nitrogens with zero attached hydrogens (tertiary/aromatic N) is 7. The smallest absolute Gasteiger partial charge is 0.220 e. The van der Waals surface area contributed by atoms with Gasteiger partial charge in [0.25, 0.3) is 0 Å². The number of anilines is 1. The van der Waals surface area contributed by atoms with Crippen LogP contribution in [0.15, 0.2) is 30.3 Å². The summed E-state index contributed by atoms with van der Waals surface area (Å²) in [5.74, 6) is 0.463. The molecular weight excluding hydrogens is 466 g/mol. The van der Waals surface area contributed by atoms with E-state index in [9.17, 15) is 13.6 Å². The zero-order valence-corrected chi connectivity index (χ0v) is 20.5. The third-order valence-corrected chi connectivity index (χ3v) is 7.08. The Labute approximate surface area is 209 Å². The molecule has 1 aromatic carbocycles. The van der Waals surface area contributed by atoms with Crippen LogP contribution in [0.1, 0.15) is 30.7 Å². The van der Waals surface area contributed by atoms with Crippen molar-refractivity contribution < 1.29 is 13.6 Å². The van der Waals surface area contributed by atoms with Crippen LogP contribution < -0.4 is 10.2 Å². The Kier molecular flexibility index (Phi) is 7.38.